The predicted molar refractivity (Wildman–Crippen MR) is 128 cm³/mol. The molecule has 0 saturated heterocycles. The summed E-state index contributed by atoms with van der Waals surface area (Å²) in [5.41, 5.74) is 3.44. The summed E-state index contributed by atoms with van der Waals surface area (Å²) in [5, 5.41) is 17.0. The number of allylic oxidation sites excluding steroid dienone is 4. The molecule has 176 valence electrons. The number of fused-ring (bicyclic) bond motifs is 1. The summed E-state index contributed by atoms with van der Waals surface area (Å²) < 4.78 is 15.6. The Bertz CT molecular complexity index is 1200. The summed E-state index contributed by atoms with van der Waals surface area (Å²) in [5.74, 6) is -0.244. The lowest BCUT2D eigenvalue weighted by Crippen LogP contribution is -2.41. The number of rotatable bonds is 5. The number of nitrogens with one attached hydrogen (secondary N) is 3. The summed E-state index contributed by atoms with van der Waals surface area (Å²) in [6.45, 7) is 1.05. The van der Waals surface area contributed by atoms with Gasteiger partial charge in [-0.2, -0.15) is 5.10 Å². The molecule has 1 aromatic heterocycles. The molecule has 1 fully saturated rings. The van der Waals surface area contributed by atoms with E-state index in [0.717, 1.165) is 18.4 Å². The highest BCUT2D eigenvalue weighted by molar-refractivity contribution is 6.23. The maximum atomic E-state index is 13.9. The molecule has 2 aromatic rings. The molecular formula is C24H24ClFN6O2. The Balaban J connectivity index is 1.42. The largest absolute Gasteiger partial charge is 0.349 e. The normalized spacial score (nSPS) is 21.5. The van der Waals surface area contributed by atoms with Crippen LogP contribution in [0.4, 0.5) is 14.9 Å². The number of halogens is 2. The van der Waals surface area contributed by atoms with Crippen molar-refractivity contribution in [3.63, 3.8) is 0 Å². The van der Waals surface area contributed by atoms with Gasteiger partial charge >= 0.3 is 6.03 Å². The lowest BCUT2D eigenvalue weighted by Gasteiger charge is -2.28. The molecule has 3 aliphatic rings. The van der Waals surface area contributed by atoms with Crippen molar-refractivity contribution in [2.45, 2.75) is 43.5 Å². The minimum atomic E-state index is -1.29. The van der Waals surface area contributed by atoms with E-state index in [9.17, 15) is 14.0 Å². The topological polar surface area (TPSA) is 103 Å². The van der Waals surface area contributed by atoms with E-state index in [-0.39, 0.29) is 24.5 Å². The van der Waals surface area contributed by atoms with Crippen LogP contribution < -0.4 is 10.6 Å². The zero-order chi connectivity index (χ0) is 23.8. The fourth-order valence-corrected chi connectivity index (χ4v) is 4.28. The van der Waals surface area contributed by atoms with Crippen LogP contribution >= 0.6 is 11.6 Å². The Hall–Kier alpha value is -3.46. The van der Waals surface area contributed by atoms with E-state index in [0.29, 0.717) is 41.3 Å². The quantitative estimate of drug-likeness (QED) is 0.447. The predicted octanol–water partition coefficient (Wildman–Crippen LogP) is 3.72. The standard InChI is InChI=1S/C24H24ClFN6O2/c25-18-11-15(3-8-19(18)26)22-21(23(33)28-16-6-7-16)20-13-31(9-10-32(20)30-22)24(34)29-17-4-1-14(12-27)2-5-17/h1-5,8,11-12,16,18-19,27H,6-7,9-10,13H2,(H,28,33)(H,29,34). The summed E-state index contributed by atoms with van der Waals surface area (Å²) >= 11 is 6.11. The van der Waals surface area contributed by atoms with E-state index in [4.69, 9.17) is 17.0 Å². The van der Waals surface area contributed by atoms with Crippen molar-refractivity contribution in [1.29, 1.82) is 5.41 Å². The molecule has 2 unspecified atom stereocenters. The van der Waals surface area contributed by atoms with Crippen LogP contribution in [-0.2, 0) is 13.1 Å². The van der Waals surface area contributed by atoms with Crippen LogP contribution in [-0.4, -0.2) is 57.0 Å². The molecule has 1 aromatic carbocycles. The Morgan fingerprint density at radius 1 is 1.21 bits per heavy atom. The number of nitrogens with zero attached hydrogens (tertiary/aromatic N) is 3. The molecule has 3 amide bonds. The van der Waals surface area contributed by atoms with E-state index in [2.05, 4.69) is 15.7 Å². The molecule has 2 heterocycles. The van der Waals surface area contributed by atoms with Gasteiger partial charge in [0.1, 0.15) is 11.9 Å². The lowest BCUT2D eigenvalue weighted by atomic mass is 9.98. The fraction of sp³-hybridized carbons (Fsp3) is 0.333. The number of carbonyl (C=O) groups excluding carboxylic acids is 2. The van der Waals surface area contributed by atoms with E-state index in [1.54, 1.807) is 46.0 Å². The van der Waals surface area contributed by atoms with Gasteiger partial charge in [-0.1, -0.05) is 24.3 Å². The summed E-state index contributed by atoms with van der Waals surface area (Å²) in [4.78, 5) is 27.8. The Labute approximate surface area is 201 Å². The monoisotopic (exact) mass is 482 g/mol. The van der Waals surface area contributed by atoms with Crippen LogP contribution in [0.25, 0.3) is 5.57 Å². The van der Waals surface area contributed by atoms with Crippen LogP contribution in [0.2, 0.25) is 0 Å². The van der Waals surface area contributed by atoms with E-state index in [1.807, 2.05) is 0 Å². The molecule has 8 nitrogen and oxygen atoms in total. The molecule has 3 N–H and O–H groups in total. The Morgan fingerprint density at radius 2 is 1.97 bits per heavy atom. The summed E-state index contributed by atoms with van der Waals surface area (Å²) in [6, 6.07) is 6.83. The van der Waals surface area contributed by atoms with E-state index >= 15 is 0 Å². The second-order valence-electron chi connectivity index (χ2n) is 8.63. The molecule has 2 atom stereocenters. The smallest absolute Gasteiger partial charge is 0.322 e. The van der Waals surface area contributed by atoms with Gasteiger partial charge in [-0.05, 0) is 36.6 Å². The number of amides is 3. The summed E-state index contributed by atoms with van der Waals surface area (Å²) in [7, 11) is 0. The van der Waals surface area contributed by atoms with E-state index in [1.165, 1.54) is 12.3 Å². The van der Waals surface area contributed by atoms with Crippen molar-refractivity contribution >= 4 is 41.0 Å². The minimum Gasteiger partial charge on any atom is -0.349 e. The molecule has 0 bridgehead atoms. The SMILES string of the molecule is N=Cc1ccc(NC(=O)N2CCn3nc(C4=CC(Cl)C(F)C=C4)c(C(=O)NC4CC4)c3C2)cc1. The van der Waals surface area contributed by atoms with Crippen molar-refractivity contribution in [3.05, 3.63) is 65.0 Å². The molecule has 2 aliphatic carbocycles. The average Bonchev–Trinajstić information content (AvgIpc) is 3.57. The summed E-state index contributed by atoms with van der Waals surface area (Å²) in [6.07, 6.45) is 6.37. The molecular weight excluding hydrogens is 459 g/mol. The molecule has 5 rings (SSSR count). The number of hydrogen-bond donors (Lipinski definition) is 3. The van der Waals surface area contributed by atoms with Crippen molar-refractivity contribution in [3.8, 4) is 0 Å². The number of anilines is 1. The third kappa shape index (κ3) is 4.48. The first-order valence-electron chi connectivity index (χ1n) is 11.2. The van der Waals surface area contributed by atoms with Crippen LogP contribution in [0, 0.1) is 5.41 Å². The maximum absolute atomic E-state index is 13.9. The molecule has 0 spiro atoms. The van der Waals surface area contributed by atoms with Gasteiger partial charge in [0.2, 0.25) is 0 Å². The second kappa shape index (κ2) is 9.06. The van der Waals surface area contributed by atoms with Crippen LogP contribution in [0.1, 0.15) is 40.2 Å². The maximum Gasteiger partial charge on any atom is 0.322 e. The number of hydrogen-bond acceptors (Lipinski definition) is 4. The Morgan fingerprint density at radius 3 is 2.65 bits per heavy atom. The molecule has 0 radical (unpaired) electrons. The van der Waals surface area contributed by atoms with Crippen LogP contribution in [0.5, 0.6) is 0 Å². The van der Waals surface area contributed by atoms with Crippen LogP contribution in [0.15, 0.2) is 42.5 Å². The number of benzene rings is 1. The van der Waals surface area contributed by atoms with Gasteiger partial charge in [0.25, 0.3) is 5.91 Å². The van der Waals surface area contributed by atoms with Crippen molar-refractivity contribution in [2.24, 2.45) is 0 Å². The average molecular weight is 483 g/mol. The van der Waals surface area contributed by atoms with Gasteiger partial charge < -0.3 is 20.9 Å². The van der Waals surface area contributed by atoms with Crippen molar-refractivity contribution in [1.82, 2.24) is 20.0 Å². The van der Waals surface area contributed by atoms with E-state index < -0.39 is 11.5 Å². The highest BCUT2D eigenvalue weighted by Crippen LogP contribution is 2.31. The lowest BCUT2D eigenvalue weighted by molar-refractivity contribution is 0.0947. The fourth-order valence-electron chi connectivity index (χ4n) is 4.06. The molecule has 10 heteroatoms. The highest BCUT2D eigenvalue weighted by atomic mass is 35.5. The zero-order valence-corrected chi connectivity index (χ0v) is 19.1. The van der Waals surface area contributed by atoms with Gasteiger partial charge in [-0.25, -0.2) is 9.18 Å². The first-order valence-corrected chi connectivity index (χ1v) is 11.6. The Kier molecular flexibility index (Phi) is 5.95. The van der Waals surface area contributed by atoms with Crippen LogP contribution in [0.3, 0.4) is 0 Å². The van der Waals surface area contributed by atoms with Gasteiger partial charge in [0, 0.05) is 30.1 Å². The highest BCUT2D eigenvalue weighted by Gasteiger charge is 2.34. The van der Waals surface area contributed by atoms with Gasteiger partial charge in [-0.15, -0.1) is 11.6 Å². The number of aromatic nitrogens is 2. The van der Waals surface area contributed by atoms with Gasteiger partial charge in [0.05, 0.1) is 29.7 Å². The first kappa shape index (κ1) is 22.3. The number of urea groups is 1. The zero-order valence-electron chi connectivity index (χ0n) is 18.3. The van der Waals surface area contributed by atoms with Gasteiger partial charge in [-0.3, -0.25) is 9.48 Å². The van der Waals surface area contributed by atoms with Crippen molar-refractivity contribution < 1.29 is 14.0 Å². The second-order valence-corrected chi connectivity index (χ2v) is 9.13. The molecule has 1 aliphatic heterocycles. The van der Waals surface area contributed by atoms with Gasteiger partial charge in [0.15, 0.2) is 0 Å². The molecule has 1 saturated carbocycles. The number of carbonyl (C=O) groups is 2. The third-order valence-corrected chi connectivity index (χ3v) is 6.48. The minimum absolute atomic E-state index is 0.148. The molecule has 34 heavy (non-hydrogen) atoms. The number of alkyl halides is 2. The third-order valence-electron chi connectivity index (χ3n) is 6.11. The first-order chi connectivity index (χ1) is 16.4. The van der Waals surface area contributed by atoms with Crippen molar-refractivity contribution in [2.75, 3.05) is 11.9 Å².